The van der Waals surface area contributed by atoms with Crippen LogP contribution in [0, 0.1) is 0 Å². The first-order valence-electron chi connectivity index (χ1n) is 10.6. The van der Waals surface area contributed by atoms with Gasteiger partial charge in [-0.3, -0.25) is 9.59 Å². The largest absolute Gasteiger partial charge is 0.353 e. The SMILES string of the molecule is O=C(CN1C(=O)CSc2ccccc21)N1CCN(c2ccnc(-c3ccccc3)n2)CC1. The minimum absolute atomic E-state index is 0.0184. The van der Waals surface area contributed by atoms with Crippen LogP contribution in [-0.4, -0.2) is 65.2 Å². The number of fused-ring (bicyclic) bond motifs is 1. The van der Waals surface area contributed by atoms with E-state index in [1.165, 1.54) is 11.8 Å². The van der Waals surface area contributed by atoms with E-state index in [1.807, 2.05) is 65.6 Å². The number of carbonyl (C=O) groups excluding carboxylic acids is 2. The first-order chi connectivity index (χ1) is 15.7. The zero-order valence-corrected chi connectivity index (χ0v) is 18.4. The van der Waals surface area contributed by atoms with Crippen LogP contribution < -0.4 is 9.80 Å². The van der Waals surface area contributed by atoms with Crippen molar-refractivity contribution in [1.29, 1.82) is 0 Å². The summed E-state index contributed by atoms with van der Waals surface area (Å²) >= 11 is 1.53. The molecule has 2 aromatic carbocycles. The lowest BCUT2D eigenvalue weighted by atomic mass is 10.2. The summed E-state index contributed by atoms with van der Waals surface area (Å²) in [7, 11) is 0. The topological polar surface area (TPSA) is 69.6 Å². The van der Waals surface area contributed by atoms with E-state index < -0.39 is 0 Å². The number of hydrogen-bond acceptors (Lipinski definition) is 6. The maximum Gasteiger partial charge on any atom is 0.242 e. The Bertz CT molecular complexity index is 1130. The Hall–Kier alpha value is -3.39. The fourth-order valence-corrected chi connectivity index (χ4v) is 4.93. The highest BCUT2D eigenvalue weighted by Gasteiger charge is 2.29. The monoisotopic (exact) mass is 445 g/mol. The van der Waals surface area contributed by atoms with E-state index in [9.17, 15) is 9.59 Å². The van der Waals surface area contributed by atoms with E-state index in [0.29, 0.717) is 37.8 Å². The Balaban J connectivity index is 1.23. The van der Waals surface area contributed by atoms with Gasteiger partial charge in [-0.1, -0.05) is 42.5 Å². The second-order valence-electron chi connectivity index (χ2n) is 7.71. The Morgan fingerprint density at radius 3 is 2.50 bits per heavy atom. The molecule has 1 aromatic heterocycles. The van der Waals surface area contributed by atoms with Gasteiger partial charge in [-0.2, -0.15) is 0 Å². The number of para-hydroxylation sites is 1. The number of amides is 2. The summed E-state index contributed by atoms with van der Waals surface area (Å²) in [6.45, 7) is 2.67. The molecule has 5 rings (SSSR count). The number of hydrogen-bond donors (Lipinski definition) is 0. The van der Waals surface area contributed by atoms with Gasteiger partial charge in [0.2, 0.25) is 11.8 Å². The standard InChI is InChI=1S/C24H23N5O2S/c30-22(16-29-19-8-4-5-9-20(19)32-17-23(29)31)28-14-12-27(13-15-28)21-10-11-25-24(26-21)18-6-2-1-3-7-18/h1-11H,12-17H2. The summed E-state index contributed by atoms with van der Waals surface area (Å²) in [5, 5.41) is 0. The van der Waals surface area contributed by atoms with Crippen LogP contribution in [0.1, 0.15) is 0 Å². The molecule has 0 bridgehead atoms. The van der Waals surface area contributed by atoms with Gasteiger partial charge < -0.3 is 14.7 Å². The van der Waals surface area contributed by atoms with Gasteiger partial charge in [0.05, 0.1) is 11.4 Å². The second-order valence-corrected chi connectivity index (χ2v) is 8.73. The van der Waals surface area contributed by atoms with Gasteiger partial charge in [0.15, 0.2) is 5.82 Å². The van der Waals surface area contributed by atoms with Crippen LogP contribution in [0.5, 0.6) is 0 Å². The van der Waals surface area contributed by atoms with Crippen LogP contribution >= 0.6 is 11.8 Å². The third kappa shape index (κ3) is 4.18. The van der Waals surface area contributed by atoms with E-state index in [1.54, 1.807) is 11.1 Å². The highest BCUT2D eigenvalue weighted by Crippen LogP contribution is 2.34. The lowest BCUT2D eigenvalue weighted by Gasteiger charge is -2.37. The molecule has 7 nitrogen and oxygen atoms in total. The summed E-state index contributed by atoms with van der Waals surface area (Å²) < 4.78 is 0. The van der Waals surface area contributed by atoms with Gasteiger partial charge in [-0.05, 0) is 18.2 Å². The molecular weight excluding hydrogens is 422 g/mol. The van der Waals surface area contributed by atoms with Crippen LogP contribution in [-0.2, 0) is 9.59 Å². The molecular formula is C24H23N5O2S. The Morgan fingerprint density at radius 1 is 0.938 bits per heavy atom. The Kier molecular flexibility index (Phi) is 5.77. The van der Waals surface area contributed by atoms with Gasteiger partial charge >= 0.3 is 0 Å². The average Bonchev–Trinajstić information content (AvgIpc) is 2.86. The number of carbonyl (C=O) groups is 2. The zero-order chi connectivity index (χ0) is 21.9. The van der Waals surface area contributed by atoms with Crippen LogP contribution in [0.4, 0.5) is 11.5 Å². The molecule has 0 N–H and O–H groups in total. The molecule has 2 aliphatic rings. The van der Waals surface area contributed by atoms with Gasteiger partial charge in [-0.25, -0.2) is 9.97 Å². The first kappa shape index (κ1) is 20.5. The maximum absolute atomic E-state index is 13.0. The van der Waals surface area contributed by atoms with Crippen LogP contribution in [0.2, 0.25) is 0 Å². The molecule has 1 fully saturated rings. The van der Waals surface area contributed by atoms with Gasteiger partial charge in [0, 0.05) is 42.8 Å². The van der Waals surface area contributed by atoms with E-state index >= 15 is 0 Å². The third-order valence-electron chi connectivity index (χ3n) is 5.73. The molecule has 0 saturated carbocycles. The molecule has 0 unspecified atom stereocenters. The summed E-state index contributed by atoms with van der Waals surface area (Å²) in [5.41, 5.74) is 1.81. The number of anilines is 2. The predicted molar refractivity (Wildman–Crippen MR) is 126 cm³/mol. The van der Waals surface area contributed by atoms with Crippen molar-refractivity contribution in [1.82, 2.24) is 14.9 Å². The fourth-order valence-electron chi connectivity index (χ4n) is 4.00. The van der Waals surface area contributed by atoms with E-state index in [-0.39, 0.29) is 18.4 Å². The molecule has 0 spiro atoms. The molecule has 32 heavy (non-hydrogen) atoms. The van der Waals surface area contributed by atoms with Crippen molar-refractivity contribution in [3.8, 4) is 11.4 Å². The average molecular weight is 446 g/mol. The highest BCUT2D eigenvalue weighted by molar-refractivity contribution is 8.00. The lowest BCUT2D eigenvalue weighted by molar-refractivity contribution is -0.131. The number of piperazine rings is 1. The molecule has 8 heteroatoms. The fraction of sp³-hybridized carbons (Fsp3) is 0.250. The van der Waals surface area contributed by atoms with Gasteiger partial charge in [0.1, 0.15) is 12.4 Å². The molecule has 3 heterocycles. The first-order valence-corrected chi connectivity index (χ1v) is 11.6. The second kappa shape index (κ2) is 9.00. The smallest absolute Gasteiger partial charge is 0.242 e. The summed E-state index contributed by atoms with van der Waals surface area (Å²) in [6, 6.07) is 19.6. The van der Waals surface area contributed by atoms with Crippen LogP contribution in [0.15, 0.2) is 71.8 Å². The molecule has 162 valence electrons. The number of rotatable bonds is 4. The van der Waals surface area contributed by atoms with Crippen LogP contribution in [0.3, 0.4) is 0 Å². The minimum atomic E-state index is -0.0210. The lowest BCUT2D eigenvalue weighted by Crippen LogP contribution is -2.52. The minimum Gasteiger partial charge on any atom is -0.353 e. The molecule has 2 aliphatic heterocycles. The van der Waals surface area contributed by atoms with Crippen molar-refractivity contribution >= 4 is 35.1 Å². The van der Waals surface area contributed by atoms with Crippen molar-refractivity contribution in [3.05, 3.63) is 66.9 Å². The molecule has 0 aliphatic carbocycles. The summed E-state index contributed by atoms with van der Waals surface area (Å²) in [6.07, 6.45) is 1.78. The Morgan fingerprint density at radius 2 is 1.69 bits per heavy atom. The molecule has 2 amide bonds. The normalized spacial score (nSPS) is 16.1. The van der Waals surface area contributed by atoms with Crippen molar-refractivity contribution in [3.63, 3.8) is 0 Å². The molecule has 0 atom stereocenters. The summed E-state index contributed by atoms with van der Waals surface area (Å²) in [4.78, 5) is 41.3. The number of aromatic nitrogens is 2. The van der Waals surface area contributed by atoms with Crippen molar-refractivity contribution in [2.45, 2.75) is 4.90 Å². The van der Waals surface area contributed by atoms with Crippen LogP contribution in [0.25, 0.3) is 11.4 Å². The Labute approximate surface area is 191 Å². The molecule has 3 aromatic rings. The van der Waals surface area contributed by atoms with E-state index in [0.717, 1.165) is 22.0 Å². The third-order valence-corrected chi connectivity index (χ3v) is 6.78. The molecule has 1 saturated heterocycles. The summed E-state index contributed by atoms with van der Waals surface area (Å²) in [5.74, 6) is 1.89. The van der Waals surface area contributed by atoms with Crippen molar-refractivity contribution in [2.75, 3.05) is 48.3 Å². The zero-order valence-electron chi connectivity index (χ0n) is 17.6. The highest BCUT2D eigenvalue weighted by atomic mass is 32.2. The van der Waals surface area contributed by atoms with E-state index in [4.69, 9.17) is 4.98 Å². The van der Waals surface area contributed by atoms with Gasteiger partial charge in [-0.15, -0.1) is 11.8 Å². The maximum atomic E-state index is 13.0. The van der Waals surface area contributed by atoms with Gasteiger partial charge in [0.25, 0.3) is 0 Å². The predicted octanol–water partition coefficient (Wildman–Crippen LogP) is 2.93. The number of nitrogens with zero attached hydrogens (tertiary/aromatic N) is 5. The molecule has 0 radical (unpaired) electrons. The number of benzene rings is 2. The van der Waals surface area contributed by atoms with Crippen molar-refractivity contribution in [2.24, 2.45) is 0 Å². The quantitative estimate of drug-likeness (QED) is 0.615. The number of thioether (sulfide) groups is 1. The van der Waals surface area contributed by atoms with Crippen molar-refractivity contribution < 1.29 is 9.59 Å². The van der Waals surface area contributed by atoms with E-state index in [2.05, 4.69) is 9.88 Å².